The van der Waals surface area contributed by atoms with Gasteiger partial charge in [-0.05, 0) is 43.6 Å². The highest BCUT2D eigenvalue weighted by atomic mass is 15.2. The lowest BCUT2D eigenvalue weighted by Gasteiger charge is -2.34. The molecule has 3 heterocycles. The molecular formula is C13H25N3. The fourth-order valence-electron chi connectivity index (χ4n) is 4.53. The maximum Gasteiger partial charge on any atom is 0.0612 e. The smallest absolute Gasteiger partial charge is 0.0612 e. The van der Waals surface area contributed by atoms with E-state index in [1.807, 2.05) is 0 Å². The van der Waals surface area contributed by atoms with Gasteiger partial charge >= 0.3 is 0 Å². The Morgan fingerprint density at radius 1 is 1.19 bits per heavy atom. The van der Waals surface area contributed by atoms with Crippen LogP contribution in [0.2, 0.25) is 0 Å². The van der Waals surface area contributed by atoms with Crippen molar-refractivity contribution in [2.45, 2.75) is 45.4 Å². The van der Waals surface area contributed by atoms with Crippen LogP contribution in [0.4, 0.5) is 0 Å². The molecule has 6 atom stereocenters. The van der Waals surface area contributed by atoms with E-state index in [1.54, 1.807) is 0 Å². The van der Waals surface area contributed by atoms with Crippen molar-refractivity contribution in [1.82, 2.24) is 16.0 Å². The average molecular weight is 223 g/mol. The molecule has 6 unspecified atom stereocenters. The Morgan fingerprint density at radius 2 is 2.00 bits per heavy atom. The number of fused-ring (bicyclic) bond motifs is 3. The van der Waals surface area contributed by atoms with Crippen molar-refractivity contribution >= 4 is 0 Å². The molecule has 3 nitrogen and oxygen atoms in total. The molecule has 0 aromatic heterocycles. The van der Waals surface area contributed by atoms with E-state index in [-0.39, 0.29) is 0 Å². The third-order valence-corrected chi connectivity index (χ3v) is 5.04. The highest BCUT2D eigenvalue weighted by Crippen LogP contribution is 2.44. The monoisotopic (exact) mass is 223 g/mol. The molecule has 0 saturated carbocycles. The van der Waals surface area contributed by atoms with Crippen molar-refractivity contribution in [3.8, 4) is 0 Å². The van der Waals surface area contributed by atoms with Crippen LogP contribution in [0.15, 0.2) is 0 Å². The predicted molar refractivity (Wildman–Crippen MR) is 66.1 cm³/mol. The van der Waals surface area contributed by atoms with Gasteiger partial charge in [0.05, 0.1) is 6.17 Å². The minimum absolute atomic E-state index is 0.581. The van der Waals surface area contributed by atoms with Crippen molar-refractivity contribution < 1.29 is 0 Å². The van der Waals surface area contributed by atoms with Gasteiger partial charge in [-0.2, -0.15) is 0 Å². The van der Waals surface area contributed by atoms with Gasteiger partial charge in [-0.15, -0.1) is 0 Å². The fourth-order valence-corrected chi connectivity index (χ4v) is 4.53. The van der Waals surface area contributed by atoms with E-state index in [1.165, 1.54) is 19.5 Å². The zero-order valence-electron chi connectivity index (χ0n) is 10.7. The van der Waals surface area contributed by atoms with Crippen LogP contribution in [0.25, 0.3) is 0 Å². The molecule has 3 N–H and O–H groups in total. The van der Waals surface area contributed by atoms with Crippen LogP contribution in [0, 0.1) is 23.7 Å². The topological polar surface area (TPSA) is 36.1 Å². The van der Waals surface area contributed by atoms with Gasteiger partial charge in [0.15, 0.2) is 0 Å². The molecule has 3 aliphatic rings. The molecule has 16 heavy (non-hydrogen) atoms. The van der Waals surface area contributed by atoms with Gasteiger partial charge in [-0.1, -0.05) is 13.8 Å². The van der Waals surface area contributed by atoms with E-state index in [0.29, 0.717) is 18.2 Å². The number of nitrogens with one attached hydrogen (secondary N) is 3. The summed E-state index contributed by atoms with van der Waals surface area (Å²) in [6.07, 6.45) is 1.94. The molecule has 3 aliphatic heterocycles. The second-order valence-corrected chi connectivity index (χ2v) is 6.26. The van der Waals surface area contributed by atoms with Crippen LogP contribution < -0.4 is 16.0 Å². The SMILES string of the molecule is CC(C)C1C(C)NC2NC3CNCCC3C21. The minimum atomic E-state index is 0.581. The van der Waals surface area contributed by atoms with Crippen molar-refractivity contribution in [3.05, 3.63) is 0 Å². The van der Waals surface area contributed by atoms with E-state index in [9.17, 15) is 0 Å². The molecule has 0 amide bonds. The van der Waals surface area contributed by atoms with Crippen LogP contribution >= 0.6 is 0 Å². The Balaban J connectivity index is 1.83. The highest BCUT2D eigenvalue weighted by Gasteiger charge is 2.53. The highest BCUT2D eigenvalue weighted by molar-refractivity contribution is 5.08. The predicted octanol–water partition coefficient (Wildman–Crippen LogP) is 0.774. The summed E-state index contributed by atoms with van der Waals surface area (Å²) in [5, 5.41) is 11.1. The lowest BCUT2D eigenvalue weighted by Crippen LogP contribution is -2.49. The molecule has 0 spiro atoms. The summed E-state index contributed by atoms with van der Waals surface area (Å²) in [5.41, 5.74) is 0. The molecule has 0 radical (unpaired) electrons. The summed E-state index contributed by atoms with van der Waals surface area (Å²) in [7, 11) is 0. The molecule has 0 aromatic rings. The molecule has 92 valence electrons. The second-order valence-electron chi connectivity index (χ2n) is 6.26. The zero-order chi connectivity index (χ0) is 11.3. The Bertz CT molecular complexity index is 266. The molecular weight excluding hydrogens is 198 g/mol. The number of piperidine rings is 1. The molecule has 0 aromatic carbocycles. The first-order valence-corrected chi connectivity index (χ1v) is 6.91. The van der Waals surface area contributed by atoms with Crippen LogP contribution in [0.3, 0.4) is 0 Å². The van der Waals surface area contributed by atoms with Gasteiger partial charge < -0.3 is 5.32 Å². The Labute approximate surface area is 98.8 Å². The van der Waals surface area contributed by atoms with Crippen LogP contribution in [0.5, 0.6) is 0 Å². The van der Waals surface area contributed by atoms with Crippen molar-refractivity contribution in [3.63, 3.8) is 0 Å². The maximum atomic E-state index is 3.80. The Morgan fingerprint density at radius 3 is 2.75 bits per heavy atom. The summed E-state index contributed by atoms with van der Waals surface area (Å²) < 4.78 is 0. The fraction of sp³-hybridized carbons (Fsp3) is 1.00. The summed E-state index contributed by atoms with van der Waals surface area (Å²) in [4.78, 5) is 0. The third kappa shape index (κ3) is 1.52. The number of rotatable bonds is 1. The average Bonchev–Trinajstić information content (AvgIpc) is 2.71. The van der Waals surface area contributed by atoms with E-state index in [4.69, 9.17) is 0 Å². The number of hydrogen-bond acceptors (Lipinski definition) is 3. The van der Waals surface area contributed by atoms with Crippen molar-refractivity contribution in [2.75, 3.05) is 13.1 Å². The largest absolute Gasteiger partial charge is 0.315 e. The van der Waals surface area contributed by atoms with Gasteiger partial charge in [0.1, 0.15) is 0 Å². The van der Waals surface area contributed by atoms with Gasteiger partial charge in [-0.25, -0.2) is 0 Å². The Hall–Kier alpha value is -0.120. The summed E-state index contributed by atoms with van der Waals surface area (Å²) in [6.45, 7) is 9.52. The standard InChI is InChI=1S/C13H25N3/c1-7(2)11-8(3)15-13-12(11)9-4-5-14-6-10(9)16-13/h7-16H,4-6H2,1-3H3. The Kier molecular flexibility index (Phi) is 2.73. The van der Waals surface area contributed by atoms with Gasteiger partial charge in [0.25, 0.3) is 0 Å². The summed E-state index contributed by atoms with van der Waals surface area (Å²) in [5.74, 6) is 3.41. The van der Waals surface area contributed by atoms with Crippen LogP contribution in [-0.2, 0) is 0 Å². The molecule has 0 bridgehead atoms. The summed E-state index contributed by atoms with van der Waals surface area (Å²) >= 11 is 0. The lowest BCUT2D eigenvalue weighted by atomic mass is 9.73. The van der Waals surface area contributed by atoms with E-state index in [2.05, 4.69) is 36.7 Å². The quantitative estimate of drug-likeness (QED) is 0.615. The van der Waals surface area contributed by atoms with Gasteiger partial charge in [-0.3, -0.25) is 10.6 Å². The van der Waals surface area contributed by atoms with Gasteiger partial charge in [0, 0.05) is 18.6 Å². The normalized spacial score (nSPS) is 51.8. The van der Waals surface area contributed by atoms with E-state index >= 15 is 0 Å². The molecule has 3 saturated heterocycles. The third-order valence-electron chi connectivity index (χ3n) is 5.04. The molecule has 3 fully saturated rings. The van der Waals surface area contributed by atoms with Crippen molar-refractivity contribution in [2.24, 2.45) is 23.7 Å². The molecule has 3 heteroatoms. The lowest BCUT2D eigenvalue weighted by molar-refractivity contribution is 0.186. The maximum absolute atomic E-state index is 3.80. The first kappa shape index (κ1) is 11.0. The first-order valence-electron chi connectivity index (χ1n) is 6.91. The second kappa shape index (κ2) is 3.97. The van der Waals surface area contributed by atoms with Gasteiger partial charge in [0.2, 0.25) is 0 Å². The van der Waals surface area contributed by atoms with Crippen LogP contribution in [-0.4, -0.2) is 31.3 Å². The molecule has 3 rings (SSSR count). The summed E-state index contributed by atoms with van der Waals surface area (Å²) in [6, 6.07) is 1.39. The van der Waals surface area contributed by atoms with E-state index in [0.717, 1.165) is 23.7 Å². The molecule has 0 aliphatic carbocycles. The van der Waals surface area contributed by atoms with E-state index < -0.39 is 0 Å². The minimum Gasteiger partial charge on any atom is -0.315 e. The van der Waals surface area contributed by atoms with Crippen molar-refractivity contribution in [1.29, 1.82) is 0 Å². The first-order chi connectivity index (χ1) is 7.68. The van der Waals surface area contributed by atoms with Crippen LogP contribution in [0.1, 0.15) is 27.2 Å². The number of hydrogen-bond donors (Lipinski definition) is 3. The zero-order valence-corrected chi connectivity index (χ0v) is 10.7.